The van der Waals surface area contributed by atoms with Gasteiger partial charge in [0.25, 0.3) is 0 Å². The van der Waals surface area contributed by atoms with E-state index in [1.54, 1.807) is 6.08 Å². The zero-order valence-electron chi connectivity index (χ0n) is 32.2. The van der Waals surface area contributed by atoms with Crippen LogP contribution in [-0.2, 0) is 23.9 Å². The second-order valence-electron chi connectivity index (χ2n) is 14.2. The van der Waals surface area contributed by atoms with Crippen LogP contribution in [0.1, 0.15) is 213 Å². The Bertz CT molecular complexity index is 804. The summed E-state index contributed by atoms with van der Waals surface area (Å²) in [5.74, 6) is -0.415. The fraction of sp³-hybridized carbons (Fsp3) is 0.837. The Morgan fingerprint density at radius 2 is 0.816 bits per heavy atom. The maximum Gasteiger partial charge on any atom is 0.305 e. The van der Waals surface area contributed by atoms with E-state index >= 15 is 0 Å². The van der Waals surface area contributed by atoms with Crippen LogP contribution >= 0.6 is 0 Å². The smallest absolute Gasteiger partial charge is 0.305 e. The van der Waals surface area contributed by atoms with Gasteiger partial charge in [-0.1, -0.05) is 180 Å². The number of esters is 2. The molecule has 0 bridgehead atoms. The van der Waals surface area contributed by atoms with Gasteiger partial charge in [-0.2, -0.15) is 0 Å². The van der Waals surface area contributed by atoms with Crippen LogP contribution in [0.3, 0.4) is 0 Å². The Balaban J connectivity index is 3.45. The van der Waals surface area contributed by atoms with Crippen LogP contribution in [0.25, 0.3) is 0 Å². The van der Waals surface area contributed by atoms with Crippen LogP contribution in [0.2, 0.25) is 0 Å². The lowest BCUT2D eigenvalue weighted by Gasteiger charge is -2.12. The van der Waals surface area contributed by atoms with Crippen LogP contribution in [0, 0.1) is 0 Å². The quantitative estimate of drug-likeness (QED) is 0.0300. The molecule has 0 rings (SSSR count). The maximum atomic E-state index is 12.0. The van der Waals surface area contributed by atoms with Crippen molar-refractivity contribution in [3.05, 3.63) is 24.3 Å². The third kappa shape index (κ3) is 38.7. The number of unbranched alkanes of at least 4 members (excludes halogenated alkanes) is 25. The zero-order valence-corrected chi connectivity index (χ0v) is 32.2. The summed E-state index contributed by atoms with van der Waals surface area (Å²) in [6, 6.07) is 0. The van der Waals surface area contributed by atoms with Gasteiger partial charge < -0.3 is 14.6 Å². The molecule has 0 spiro atoms. The third-order valence-electron chi connectivity index (χ3n) is 9.17. The van der Waals surface area contributed by atoms with E-state index in [9.17, 15) is 19.5 Å². The Morgan fingerprint density at radius 3 is 1.24 bits per heavy atom. The SMILES string of the molecule is CCCCCCCCCCCCCCCCCCCCCC(=O)OC[C@@H](O)COC(=O)CCCCCCC/C=C\C=C\C(=O)CCCCC. The lowest BCUT2D eigenvalue weighted by Crippen LogP contribution is -2.25. The molecule has 0 aromatic heterocycles. The number of hydrogen-bond acceptors (Lipinski definition) is 6. The summed E-state index contributed by atoms with van der Waals surface area (Å²) >= 11 is 0. The lowest BCUT2D eigenvalue weighted by molar-refractivity contribution is -0.152. The van der Waals surface area contributed by atoms with Crippen LogP contribution in [0.4, 0.5) is 0 Å². The van der Waals surface area contributed by atoms with Crippen molar-refractivity contribution < 1.29 is 29.0 Å². The first-order valence-electron chi connectivity index (χ1n) is 20.8. The molecule has 0 saturated heterocycles. The van der Waals surface area contributed by atoms with Crippen molar-refractivity contribution in [2.24, 2.45) is 0 Å². The molecule has 0 aliphatic rings. The highest BCUT2D eigenvalue weighted by atomic mass is 16.6. The molecule has 286 valence electrons. The summed E-state index contributed by atoms with van der Waals surface area (Å²) in [5.41, 5.74) is 0. The largest absolute Gasteiger partial charge is 0.463 e. The minimum atomic E-state index is -0.986. The molecule has 0 aromatic rings. The van der Waals surface area contributed by atoms with E-state index in [0.29, 0.717) is 19.3 Å². The number of aliphatic hydroxyl groups excluding tert-OH is 1. The number of carbonyl (C=O) groups is 3. The number of hydrogen-bond donors (Lipinski definition) is 1. The summed E-state index contributed by atoms with van der Waals surface area (Å²) in [5, 5.41) is 10.0. The standard InChI is InChI=1S/C43H78O6/c1-3-5-7-8-9-10-11-12-13-14-15-16-17-18-19-22-25-28-32-36-42(46)48-38-41(45)39-49-43(47)37-33-29-26-23-20-21-24-27-31-35-40(44)34-30-6-4-2/h24,27,31,35,41,45H,3-23,25-26,28-30,32-34,36-39H2,1-2H3/b27-24-,35-31+/t41-/m1/s1. The molecular weight excluding hydrogens is 612 g/mol. The second-order valence-corrected chi connectivity index (χ2v) is 14.2. The zero-order chi connectivity index (χ0) is 35.9. The van der Waals surface area contributed by atoms with E-state index in [1.807, 2.05) is 12.2 Å². The molecule has 6 nitrogen and oxygen atoms in total. The molecule has 0 heterocycles. The van der Waals surface area contributed by atoms with E-state index in [0.717, 1.165) is 77.0 Å². The lowest BCUT2D eigenvalue weighted by atomic mass is 10.0. The van der Waals surface area contributed by atoms with Gasteiger partial charge in [0.2, 0.25) is 0 Å². The number of carbonyl (C=O) groups excluding carboxylic acids is 3. The van der Waals surface area contributed by atoms with Crippen molar-refractivity contribution in [2.45, 2.75) is 219 Å². The van der Waals surface area contributed by atoms with Gasteiger partial charge in [-0.3, -0.25) is 14.4 Å². The highest BCUT2D eigenvalue weighted by molar-refractivity contribution is 5.89. The van der Waals surface area contributed by atoms with Crippen molar-refractivity contribution in [1.82, 2.24) is 0 Å². The fourth-order valence-electron chi connectivity index (χ4n) is 5.95. The first-order valence-corrected chi connectivity index (χ1v) is 20.8. The summed E-state index contributed by atoms with van der Waals surface area (Å²) in [4.78, 5) is 35.6. The van der Waals surface area contributed by atoms with E-state index in [4.69, 9.17) is 9.47 Å². The van der Waals surface area contributed by atoms with Gasteiger partial charge in [0.15, 0.2) is 5.78 Å². The topological polar surface area (TPSA) is 89.9 Å². The molecule has 1 atom stereocenters. The molecule has 0 aliphatic carbocycles. The summed E-state index contributed by atoms with van der Waals surface area (Å²) < 4.78 is 10.3. The molecule has 6 heteroatoms. The van der Waals surface area contributed by atoms with Crippen molar-refractivity contribution in [1.29, 1.82) is 0 Å². The summed E-state index contributed by atoms with van der Waals surface area (Å²) in [6.07, 6.45) is 42.2. The Hall–Kier alpha value is -1.95. The maximum absolute atomic E-state index is 12.0. The van der Waals surface area contributed by atoms with Gasteiger partial charge in [0, 0.05) is 19.3 Å². The number of allylic oxidation sites excluding steroid dienone is 4. The third-order valence-corrected chi connectivity index (χ3v) is 9.17. The molecule has 0 radical (unpaired) electrons. The Kier molecular flexibility index (Phi) is 37.3. The first-order chi connectivity index (χ1) is 24.0. The molecule has 0 aromatic carbocycles. The van der Waals surface area contributed by atoms with E-state index < -0.39 is 6.10 Å². The number of aliphatic hydroxyl groups is 1. The number of rotatable bonds is 38. The number of ether oxygens (including phenoxy) is 2. The normalized spacial score (nSPS) is 12.2. The molecular formula is C43H78O6. The van der Waals surface area contributed by atoms with E-state index in [1.165, 1.54) is 103 Å². The molecule has 0 fully saturated rings. The van der Waals surface area contributed by atoms with E-state index in [-0.39, 0.29) is 30.9 Å². The predicted octanol–water partition coefficient (Wildman–Crippen LogP) is 12.2. The molecule has 49 heavy (non-hydrogen) atoms. The van der Waals surface area contributed by atoms with Crippen LogP contribution < -0.4 is 0 Å². The average molecular weight is 691 g/mol. The van der Waals surface area contributed by atoms with Crippen molar-refractivity contribution >= 4 is 17.7 Å². The van der Waals surface area contributed by atoms with Crippen LogP contribution in [-0.4, -0.2) is 42.1 Å². The average Bonchev–Trinajstić information content (AvgIpc) is 3.09. The monoisotopic (exact) mass is 691 g/mol. The van der Waals surface area contributed by atoms with Gasteiger partial charge in [-0.05, 0) is 38.2 Å². The van der Waals surface area contributed by atoms with Gasteiger partial charge in [-0.15, -0.1) is 0 Å². The minimum Gasteiger partial charge on any atom is -0.463 e. The van der Waals surface area contributed by atoms with Crippen molar-refractivity contribution in [3.63, 3.8) is 0 Å². The summed E-state index contributed by atoms with van der Waals surface area (Å²) in [6.45, 7) is 4.14. The van der Waals surface area contributed by atoms with Crippen molar-refractivity contribution in [2.75, 3.05) is 13.2 Å². The van der Waals surface area contributed by atoms with E-state index in [2.05, 4.69) is 19.9 Å². The van der Waals surface area contributed by atoms with Gasteiger partial charge >= 0.3 is 11.9 Å². The summed E-state index contributed by atoms with van der Waals surface area (Å²) in [7, 11) is 0. The first kappa shape index (κ1) is 47.0. The van der Waals surface area contributed by atoms with Gasteiger partial charge in [-0.25, -0.2) is 0 Å². The predicted molar refractivity (Wildman–Crippen MR) is 206 cm³/mol. The second kappa shape index (κ2) is 38.8. The molecule has 0 amide bonds. The molecule has 0 saturated carbocycles. The van der Waals surface area contributed by atoms with Crippen molar-refractivity contribution in [3.8, 4) is 0 Å². The molecule has 0 aliphatic heterocycles. The molecule has 0 unspecified atom stereocenters. The fourth-order valence-corrected chi connectivity index (χ4v) is 5.95. The highest BCUT2D eigenvalue weighted by Gasteiger charge is 2.12. The highest BCUT2D eigenvalue weighted by Crippen LogP contribution is 2.15. The Labute approximate surface area is 302 Å². The van der Waals surface area contributed by atoms with Crippen LogP contribution in [0.15, 0.2) is 24.3 Å². The van der Waals surface area contributed by atoms with Crippen LogP contribution in [0.5, 0.6) is 0 Å². The van der Waals surface area contributed by atoms with Gasteiger partial charge in [0.1, 0.15) is 19.3 Å². The minimum absolute atomic E-state index is 0.134. The van der Waals surface area contributed by atoms with Gasteiger partial charge in [0.05, 0.1) is 0 Å². The number of ketones is 1. The molecule has 1 N–H and O–H groups in total. The Morgan fingerprint density at radius 1 is 0.469 bits per heavy atom.